The van der Waals surface area contributed by atoms with Crippen molar-refractivity contribution in [2.24, 2.45) is 0 Å². The third-order valence-electron chi connectivity index (χ3n) is 1.44. The zero-order valence-electron chi connectivity index (χ0n) is 7.58. The van der Waals surface area contributed by atoms with Crippen LogP contribution in [0.15, 0.2) is 18.2 Å². The second kappa shape index (κ2) is 4.17. The second-order valence-corrected chi connectivity index (χ2v) is 2.66. The predicted octanol–water partition coefficient (Wildman–Crippen LogP) is 2.38. The number of aromatic hydroxyl groups is 1. The zero-order valence-corrected chi connectivity index (χ0v) is 7.58. The Labute approximate surface area is 87.1 Å². The summed E-state index contributed by atoms with van der Waals surface area (Å²) >= 11 is 0. The Balaban J connectivity index is 2.87. The van der Waals surface area contributed by atoms with E-state index in [1.165, 1.54) is 0 Å². The molecule has 1 rings (SSSR count). The van der Waals surface area contributed by atoms with Crippen LogP contribution in [0.2, 0.25) is 0 Å². The van der Waals surface area contributed by atoms with Crippen LogP contribution in [-0.2, 0) is 0 Å². The summed E-state index contributed by atoms with van der Waals surface area (Å²) in [4.78, 5) is 10.2. The molecule has 0 spiro atoms. The summed E-state index contributed by atoms with van der Waals surface area (Å²) in [5.41, 5.74) is -0.234. The first kappa shape index (κ1) is 12.0. The van der Waals surface area contributed by atoms with Crippen molar-refractivity contribution in [1.82, 2.24) is 0 Å². The van der Waals surface area contributed by atoms with Crippen molar-refractivity contribution < 1.29 is 32.9 Å². The van der Waals surface area contributed by atoms with Crippen molar-refractivity contribution in [1.29, 1.82) is 0 Å². The Bertz CT molecular complexity index is 405. The van der Waals surface area contributed by atoms with Gasteiger partial charge < -0.3 is 14.9 Å². The van der Waals surface area contributed by atoms with E-state index >= 15 is 0 Å². The summed E-state index contributed by atoms with van der Waals surface area (Å²) < 4.78 is 38.8. The number of rotatable bonds is 2. The average molecular weight is 237 g/mol. The lowest BCUT2D eigenvalue weighted by Gasteiger charge is -2.10. The number of phenolic OH excluding ortho intramolecular Hbond substituents is 1. The Hall–Kier alpha value is -2.12. The van der Waals surface area contributed by atoms with E-state index in [0.717, 1.165) is 12.1 Å². The Morgan fingerprint density at radius 2 is 2.00 bits per heavy atom. The number of amides is 1. The second-order valence-electron chi connectivity index (χ2n) is 2.66. The molecular weight excluding hydrogens is 231 g/mol. The molecule has 0 atom stereocenters. The molecule has 0 heterocycles. The van der Waals surface area contributed by atoms with Crippen molar-refractivity contribution in [3.63, 3.8) is 0 Å². The molecule has 1 aromatic rings. The number of halogens is 3. The van der Waals surface area contributed by atoms with Gasteiger partial charge in [-0.2, -0.15) is 0 Å². The Kier molecular flexibility index (Phi) is 3.11. The fourth-order valence-corrected chi connectivity index (χ4v) is 0.929. The molecule has 0 aliphatic carbocycles. The number of ether oxygens (including phenoxy) is 1. The maximum Gasteiger partial charge on any atom is 0.573 e. The van der Waals surface area contributed by atoms with Gasteiger partial charge in [-0.05, 0) is 12.1 Å². The summed E-state index contributed by atoms with van der Waals surface area (Å²) in [5, 5.41) is 19.3. The van der Waals surface area contributed by atoms with Crippen LogP contribution in [0.4, 0.5) is 23.7 Å². The van der Waals surface area contributed by atoms with Gasteiger partial charge >= 0.3 is 12.5 Å². The summed E-state index contributed by atoms with van der Waals surface area (Å²) in [6, 6.07) is 2.47. The SMILES string of the molecule is O=C(O)Nc1ccc(OC(F)(F)F)cc1O. The van der Waals surface area contributed by atoms with Crippen LogP contribution in [0.25, 0.3) is 0 Å². The molecule has 0 aromatic heterocycles. The van der Waals surface area contributed by atoms with E-state index in [-0.39, 0.29) is 5.69 Å². The molecule has 3 N–H and O–H groups in total. The minimum absolute atomic E-state index is 0.234. The van der Waals surface area contributed by atoms with Gasteiger partial charge in [0.15, 0.2) is 0 Å². The number of hydrogen-bond donors (Lipinski definition) is 3. The smallest absolute Gasteiger partial charge is 0.506 e. The van der Waals surface area contributed by atoms with Gasteiger partial charge in [0.05, 0.1) is 5.69 Å². The van der Waals surface area contributed by atoms with Gasteiger partial charge in [-0.1, -0.05) is 0 Å². The largest absolute Gasteiger partial charge is 0.573 e. The number of alkyl halides is 3. The van der Waals surface area contributed by atoms with Gasteiger partial charge in [0, 0.05) is 6.07 Å². The maximum absolute atomic E-state index is 11.8. The molecule has 0 fully saturated rings. The standard InChI is InChI=1S/C8H6F3NO4/c9-8(10,11)16-4-1-2-5(6(13)3-4)12-7(14)15/h1-3,12-13H,(H,14,15). The summed E-state index contributed by atoms with van der Waals surface area (Å²) in [5.74, 6) is -1.30. The lowest BCUT2D eigenvalue weighted by Crippen LogP contribution is -2.17. The van der Waals surface area contributed by atoms with Gasteiger partial charge in [-0.25, -0.2) is 4.79 Å². The van der Waals surface area contributed by atoms with Gasteiger partial charge in [-0.3, -0.25) is 5.32 Å². The van der Waals surface area contributed by atoms with E-state index < -0.39 is 24.0 Å². The Morgan fingerprint density at radius 1 is 1.38 bits per heavy atom. The monoisotopic (exact) mass is 237 g/mol. The first-order valence-electron chi connectivity index (χ1n) is 3.86. The fourth-order valence-electron chi connectivity index (χ4n) is 0.929. The predicted molar refractivity (Wildman–Crippen MR) is 46.4 cm³/mol. The summed E-state index contributed by atoms with van der Waals surface area (Å²) in [6.07, 6.45) is -6.31. The first-order valence-corrected chi connectivity index (χ1v) is 3.86. The third-order valence-corrected chi connectivity index (χ3v) is 1.44. The fraction of sp³-hybridized carbons (Fsp3) is 0.125. The quantitative estimate of drug-likeness (QED) is 0.690. The van der Waals surface area contributed by atoms with Gasteiger partial charge in [0.25, 0.3) is 0 Å². The van der Waals surface area contributed by atoms with E-state index in [2.05, 4.69) is 4.74 Å². The minimum atomic E-state index is -4.87. The van der Waals surface area contributed by atoms with Gasteiger partial charge in [-0.15, -0.1) is 13.2 Å². The molecule has 8 heteroatoms. The van der Waals surface area contributed by atoms with Crippen LogP contribution < -0.4 is 10.1 Å². The van der Waals surface area contributed by atoms with Crippen molar-refractivity contribution in [2.45, 2.75) is 6.36 Å². The van der Waals surface area contributed by atoms with Crippen molar-refractivity contribution in [3.05, 3.63) is 18.2 Å². The number of benzene rings is 1. The highest BCUT2D eigenvalue weighted by Crippen LogP contribution is 2.31. The normalized spacial score (nSPS) is 10.9. The average Bonchev–Trinajstić information content (AvgIpc) is 2.06. The lowest BCUT2D eigenvalue weighted by atomic mass is 10.3. The molecule has 88 valence electrons. The van der Waals surface area contributed by atoms with Crippen molar-refractivity contribution in [3.8, 4) is 11.5 Å². The van der Waals surface area contributed by atoms with Crippen molar-refractivity contribution >= 4 is 11.8 Å². The molecule has 1 aromatic carbocycles. The highest BCUT2D eigenvalue weighted by Gasteiger charge is 2.31. The number of hydrogen-bond acceptors (Lipinski definition) is 3. The molecule has 0 aliphatic heterocycles. The number of carbonyl (C=O) groups is 1. The summed E-state index contributed by atoms with van der Waals surface area (Å²) in [7, 11) is 0. The maximum atomic E-state index is 11.8. The van der Waals surface area contributed by atoms with Gasteiger partial charge in [0.1, 0.15) is 11.5 Å². The molecular formula is C8H6F3NO4. The lowest BCUT2D eigenvalue weighted by molar-refractivity contribution is -0.274. The number of carboxylic acid groups (broad SMARTS) is 1. The molecule has 0 saturated heterocycles. The van der Waals surface area contributed by atoms with Crippen LogP contribution >= 0.6 is 0 Å². The molecule has 16 heavy (non-hydrogen) atoms. The highest BCUT2D eigenvalue weighted by molar-refractivity contribution is 5.85. The summed E-state index contributed by atoms with van der Waals surface area (Å²) in [6.45, 7) is 0. The first-order chi connectivity index (χ1) is 7.28. The van der Waals surface area contributed by atoms with Crippen LogP contribution in [0.3, 0.4) is 0 Å². The molecule has 0 unspecified atom stereocenters. The highest BCUT2D eigenvalue weighted by atomic mass is 19.4. The van der Waals surface area contributed by atoms with Crippen LogP contribution in [0.1, 0.15) is 0 Å². The zero-order chi connectivity index (χ0) is 12.3. The van der Waals surface area contributed by atoms with Crippen LogP contribution in [-0.4, -0.2) is 22.7 Å². The van der Waals surface area contributed by atoms with E-state index in [1.807, 2.05) is 0 Å². The van der Waals surface area contributed by atoms with Gasteiger partial charge in [0.2, 0.25) is 0 Å². The number of anilines is 1. The van der Waals surface area contributed by atoms with E-state index in [9.17, 15) is 18.0 Å². The minimum Gasteiger partial charge on any atom is -0.506 e. The molecule has 0 bridgehead atoms. The van der Waals surface area contributed by atoms with Crippen LogP contribution in [0, 0.1) is 0 Å². The molecule has 5 nitrogen and oxygen atoms in total. The molecule has 0 saturated carbocycles. The number of phenols is 1. The van der Waals surface area contributed by atoms with Crippen molar-refractivity contribution in [2.75, 3.05) is 5.32 Å². The molecule has 0 radical (unpaired) electrons. The van der Waals surface area contributed by atoms with E-state index in [0.29, 0.717) is 6.07 Å². The van der Waals surface area contributed by atoms with E-state index in [1.54, 1.807) is 5.32 Å². The third kappa shape index (κ3) is 3.56. The Morgan fingerprint density at radius 3 is 2.44 bits per heavy atom. The topological polar surface area (TPSA) is 78.8 Å². The van der Waals surface area contributed by atoms with E-state index in [4.69, 9.17) is 10.2 Å². The molecule has 0 aliphatic rings. The number of nitrogens with one attached hydrogen (secondary N) is 1. The molecule has 1 amide bonds. The van der Waals surface area contributed by atoms with Crippen LogP contribution in [0.5, 0.6) is 11.5 Å².